The van der Waals surface area contributed by atoms with Gasteiger partial charge in [-0.15, -0.1) is 0 Å². The van der Waals surface area contributed by atoms with E-state index in [1.807, 2.05) is 0 Å². The number of alkyl halides is 2. The minimum atomic E-state index is -2.70. The van der Waals surface area contributed by atoms with Crippen molar-refractivity contribution >= 4 is 6.03 Å². The van der Waals surface area contributed by atoms with Gasteiger partial charge in [0.1, 0.15) is 6.10 Å². The molecule has 5 aliphatic heterocycles. The molecule has 3 fully saturated rings. The van der Waals surface area contributed by atoms with Gasteiger partial charge in [0.25, 0.3) is 6.43 Å². The van der Waals surface area contributed by atoms with Gasteiger partial charge in [-0.1, -0.05) is 0 Å². The molecule has 3 saturated heterocycles. The molecule has 5 heterocycles. The van der Waals surface area contributed by atoms with Crippen LogP contribution in [0.15, 0.2) is 35.9 Å². The summed E-state index contributed by atoms with van der Waals surface area (Å²) in [6.07, 6.45) is 5.81. The maximum Gasteiger partial charge on any atom is 0.325 e. The van der Waals surface area contributed by atoms with E-state index in [1.54, 1.807) is 30.5 Å². The maximum absolute atomic E-state index is 12.7. The molecule has 0 saturated carbocycles. The van der Waals surface area contributed by atoms with Crippen LogP contribution < -0.4 is 5.32 Å². The summed E-state index contributed by atoms with van der Waals surface area (Å²) < 4.78 is 29.9. The van der Waals surface area contributed by atoms with Gasteiger partial charge in [0.15, 0.2) is 5.76 Å². The van der Waals surface area contributed by atoms with E-state index in [4.69, 9.17) is 4.74 Å². The monoisotopic (exact) mass is 361 g/mol. The number of fused-ring (bicyclic) bond motifs is 4. The number of ether oxygens (including phenoxy) is 1. The highest BCUT2D eigenvalue weighted by Crippen LogP contribution is 2.32. The van der Waals surface area contributed by atoms with Crippen molar-refractivity contribution in [3.8, 4) is 11.8 Å². The third-order valence-corrected chi connectivity index (χ3v) is 5.60. The first-order valence-electron chi connectivity index (χ1n) is 8.92. The molecule has 26 heavy (non-hydrogen) atoms. The molecule has 0 spiro atoms. The highest BCUT2D eigenvalue weighted by molar-refractivity contribution is 5.77. The van der Waals surface area contributed by atoms with E-state index in [9.17, 15) is 13.6 Å². The van der Waals surface area contributed by atoms with E-state index >= 15 is 0 Å². The second-order valence-corrected chi connectivity index (χ2v) is 7.08. The van der Waals surface area contributed by atoms with Crippen LogP contribution in [-0.4, -0.2) is 53.5 Å². The van der Waals surface area contributed by atoms with Crippen LogP contribution in [0.25, 0.3) is 0 Å². The van der Waals surface area contributed by atoms with Crippen molar-refractivity contribution in [3.63, 3.8) is 0 Å². The predicted octanol–water partition coefficient (Wildman–Crippen LogP) is 2.44. The number of nitrogens with one attached hydrogen (secondary N) is 1. The first-order chi connectivity index (χ1) is 12.5. The Kier molecular flexibility index (Phi) is 4.45. The Hall–Kier alpha value is -2.33. The van der Waals surface area contributed by atoms with Gasteiger partial charge in [-0.2, -0.15) is 8.78 Å². The number of rotatable bonds is 1. The fourth-order valence-electron chi connectivity index (χ4n) is 4.19. The molecule has 0 aromatic carbocycles. The summed E-state index contributed by atoms with van der Waals surface area (Å²) in [5.74, 6) is 4.81. The number of urea groups is 1. The van der Waals surface area contributed by atoms with Crippen LogP contribution in [0.2, 0.25) is 0 Å². The molecule has 1 N–H and O–H groups in total. The smallest absolute Gasteiger partial charge is 0.325 e. The van der Waals surface area contributed by atoms with Gasteiger partial charge in [0.05, 0.1) is 0 Å². The molecule has 2 amide bonds. The van der Waals surface area contributed by atoms with Crippen molar-refractivity contribution in [2.75, 3.05) is 13.1 Å². The standard InChI is InChI=1S/C19H21F2N3O2/c1-12-18(13-4-7-23(12)8-5-13)22-19(25)24-9-6-16-14(11-24)10-15(26-16)2-3-17(20)21/h6,9-13,16-18H,4-5,7-8H2,1H3,(H,22,25)/t12-,16?,18-/m0/s1. The molecule has 7 heteroatoms. The van der Waals surface area contributed by atoms with E-state index in [-0.39, 0.29) is 23.9 Å². The maximum atomic E-state index is 12.7. The van der Waals surface area contributed by atoms with Crippen molar-refractivity contribution in [1.29, 1.82) is 0 Å². The molecule has 5 rings (SSSR count). The topological polar surface area (TPSA) is 44.8 Å². The quantitative estimate of drug-likeness (QED) is 0.730. The van der Waals surface area contributed by atoms with Crippen LogP contribution in [0.3, 0.4) is 0 Å². The Morgan fingerprint density at radius 1 is 1.38 bits per heavy atom. The highest BCUT2D eigenvalue weighted by Gasteiger charge is 2.41. The van der Waals surface area contributed by atoms with Gasteiger partial charge >= 0.3 is 6.03 Å². The zero-order valence-electron chi connectivity index (χ0n) is 14.5. The van der Waals surface area contributed by atoms with Crippen molar-refractivity contribution in [2.24, 2.45) is 5.92 Å². The Bertz CT molecular complexity index is 740. The van der Waals surface area contributed by atoms with Crippen molar-refractivity contribution in [3.05, 3.63) is 35.9 Å². The molecular weight excluding hydrogens is 340 g/mol. The van der Waals surface area contributed by atoms with Gasteiger partial charge in [-0.05, 0) is 62.8 Å². The third kappa shape index (κ3) is 3.21. The van der Waals surface area contributed by atoms with E-state index in [0.29, 0.717) is 12.0 Å². The zero-order chi connectivity index (χ0) is 18.3. The summed E-state index contributed by atoms with van der Waals surface area (Å²) in [5.41, 5.74) is 0.725. The highest BCUT2D eigenvalue weighted by atomic mass is 19.3. The number of allylic oxidation sites excluding steroid dienone is 1. The Morgan fingerprint density at radius 3 is 2.85 bits per heavy atom. The van der Waals surface area contributed by atoms with E-state index in [1.165, 1.54) is 4.90 Å². The lowest BCUT2D eigenvalue weighted by molar-refractivity contribution is 0.0256. The summed E-state index contributed by atoms with van der Waals surface area (Å²) in [6.45, 7) is 4.38. The van der Waals surface area contributed by atoms with Crippen LogP contribution in [0.5, 0.6) is 0 Å². The number of hydrogen-bond donors (Lipinski definition) is 1. The molecule has 2 bridgehead atoms. The van der Waals surface area contributed by atoms with Crippen LogP contribution in [0.4, 0.5) is 13.6 Å². The summed E-state index contributed by atoms with van der Waals surface area (Å²) >= 11 is 0. The number of halogens is 2. The number of piperidine rings is 3. The van der Waals surface area contributed by atoms with Crippen LogP contribution >= 0.6 is 0 Å². The van der Waals surface area contributed by atoms with Crippen LogP contribution in [-0.2, 0) is 4.74 Å². The van der Waals surface area contributed by atoms with Gasteiger partial charge < -0.3 is 10.1 Å². The van der Waals surface area contributed by atoms with Crippen LogP contribution in [0, 0.1) is 17.8 Å². The van der Waals surface area contributed by atoms with Gasteiger partial charge in [0, 0.05) is 30.1 Å². The van der Waals surface area contributed by atoms with Gasteiger partial charge in [0.2, 0.25) is 0 Å². The molecule has 0 aromatic rings. The minimum Gasteiger partial charge on any atom is -0.473 e. The zero-order valence-corrected chi connectivity index (χ0v) is 14.5. The summed E-state index contributed by atoms with van der Waals surface area (Å²) in [6, 6.07) is 0.308. The molecule has 3 atom stereocenters. The first kappa shape index (κ1) is 17.1. The second kappa shape index (κ2) is 6.76. The number of carbonyl (C=O) groups excluding carboxylic acids is 1. The third-order valence-electron chi connectivity index (χ3n) is 5.60. The summed E-state index contributed by atoms with van der Waals surface area (Å²) in [4.78, 5) is 16.6. The largest absolute Gasteiger partial charge is 0.473 e. The molecule has 0 aromatic heterocycles. The van der Waals surface area contributed by atoms with Gasteiger partial charge in [-0.25, -0.2) is 4.79 Å². The van der Waals surface area contributed by atoms with E-state index in [0.717, 1.165) is 31.5 Å². The Balaban J connectivity index is 1.43. The Labute approximate surface area is 151 Å². The lowest BCUT2D eigenvalue weighted by Gasteiger charge is -2.50. The molecule has 0 radical (unpaired) electrons. The molecule has 5 nitrogen and oxygen atoms in total. The van der Waals surface area contributed by atoms with E-state index < -0.39 is 6.43 Å². The Morgan fingerprint density at radius 2 is 2.15 bits per heavy atom. The lowest BCUT2D eigenvalue weighted by atomic mass is 9.79. The summed E-state index contributed by atoms with van der Waals surface area (Å²) in [5, 5.41) is 3.16. The van der Waals surface area contributed by atoms with E-state index in [2.05, 4.69) is 23.1 Å². The van der Waals surface area contributed by atoms with Gasteiger partial charge in [-0.3, -0.25) is 9.80 Å². The fourth-order valence-corrected chi connectivity index (χ4v) is 4.19. The normalized spacial score (nSPS) is 34.5. The summed E-state index contributed by atoms with van der Waals surface area (Å²) in [7, 11) is 0. The van der Waals surface area contributed by atoms with Crippen molar-refractivity contribution in [2.45, 2.75) is 44.4 Å². The fraction of sp³-hybridized carbons (Fsp3) is 0.526. The minimum absolute atomic E-state index is 0.150. The average molecular weight is 361 g/mol. The first-order valence-corrected chi connectivity index (χ1v) is 8.92. The number of amides is 2. The molecule has 1 unspecified atom stereocenters. The number of nitrogens with zero attached hydrogens (tertiary/aromatic N) is 2. The predicted molar refractivity (Wildman–Crippen MR) is 91.9 cm³/mol. The molecular formula is C19H21F2N3O2. The SMILES string of the molecule is C[C@H]1[C@H](NC(=O)N2C=CC3OC(C#CC(F)F)=CC3=C2)C2CCN1CC2. The molecule has 0 aliphatic carbocycles. The average Bonchev–Trinajstić information content (AvgIpc) is 3.05. The van der Waals surface area contributed by atoms with Crippen LogP contribution in [0.1, 0.15) is 19.8 Å². The second-order valence-electron chi connectivity index (χ2n) is 7.08. The molecule has 138 valence electrons. The number of hydrogen-bond acceptors (Lipinski definition) is 3. The van der Waals surface area contributed by atoms with Crippen molar-refractivity contribution < 1.29 is 18.3 Å². The lowest BCUT2D eigenvalue weighted by Crippen LogP contribution is -2.63. The number of carbonyl (C=O) groups is 1. The molecule has 5 aliphatic rings. The van der Waals surface area contributed by atoms with Crippen molar-refractivity contribution in [1.82, 2.24) is 15.1 Å².